The van der Waals surface area contributed by atoms with E-state index in [1.807, 2.05) is 6.07 Å². The minimum absolute atomic E-state index is 0.459. The Labute approximate surface area is 215 Å². The number of rotatable bonds is 10. The SMILES string of the molecule is COCCOCCOc1ccc([C@H]2CCC[C@H]3CN(c4ccc(Cl)c(OC)c4)CCN32)c(C)c1C. The fourth-order valence-electron chi connectivity index (χ4n) is 5.45. The van der Waals surface area contributed by atoms with Crippen LogP contribution in [0.25, 0.3) is 0 Å². The molecule has 0 bridgehead atoms. The highest BCUT2D eigenvalue weighted by atomic mass is 35.5. The van der Waals surface area contributed by atoms with Crippen LogP contribution in [0.1, 0.15) is 42.0 Å². The van der Waals surface area contributed by atoms with Crippen LogP contribution in [0.3, 0.4) is 0 Å². The summed E-state index contributed by atoms with van der Waals surface area (Å²) in [7, 11) is 3.35. The van der Waals surface area contributed by atoms with E-state index in [4.69, 9.17) is 30.5 Å². The summed E-state index contributed by atoms with van der Waals surface area (Å²) < 4.78 is 22.0. The zero-order chi connectivity index (χ0) is 24.8. The lowest BCUT2D eigenvalue weighted by Gasteiger charge is -2.49. The predicted octanol–water partition coefficient (Wildman–Crippen LogP) is 5.42. The maximum absolute atomic E-state index is 6.25. The lowest BCUT2D eigenvalue weighted by atomic mass is 9.86. The van der Waals surface area contributed by atoms with E-state index >= 15 is 0 Å². The monoisotopic (exact) mass is 502 g/mol. The topological polar surface area (TPSA) is 43.4 Å². The fourth-order valence-corrected chi connectivity index (χ4v) is 5.65. The van der Waals surface area contributed by atoms with Gasteiger partial charge >= 0.3 is 0 Å². The van der Waals surface area contributed by atoms with Crippen molar-refractivity contribution in [1.29, 1.82) is 0 Å². The van der Waals surface area contributed by atoms with Gasteiger partial charge in [0.2, 0.25) is 0 Å². The fraction of sp³-hybridized carbons (Fsp3) is 0.571. The number of halogens is 1. The van der Waals surface area contributed by atoms with Crippen molar-refractivity contribution in [1.82, 2.24) is 4.90 Å². The van der Waals surface area contributed by atoms with Crippen LogP contribution in [-0.2, 0) is 9.47 Å². The first-order valence-corrected chi connectivity index (χ1v) is 13.0. The van der Waals surface area contributed by atoms with Gasteiger partial charge in [-0.05, 0) is 68.0 Å². The third kappa shape index (κ3) is 6.05. The van der Waals surface area contributed by atoms with Gasteiger partial charge in [-0.15, -0.1) is 0 Å². The van der Waals surface area contributed by atoms with E-state index in [1.165, 1.54) is 41.6 Å². The number of anilines is 1. The van der Waals surface area contributed by atoms with Crippen molar-refractivity contribution < 1.29 is 18.9 Å². The molecule has 0 saturated carbocycles. The normalized spacial score (nSPS) is 20.5. The molecule has 2 atom stereocenters. The van der Waals surface area contributed by atoms with Crippen LogP contribution in [0.5, 0.6) is 11.5 Å². The van der Waals surface area contributed by atoms with Gasteiger partial charge in [0.05, 0.1) is 32.0 Å². The minimum atomic E-state index is 0.459. The quantitative estimate of drug-likeness (QED) is 0.404. The zero-order valence-corrected chi connectivity index (χ0v) is 22.3. The molecular weight excluding hydrogens is 464 g/mol. The molecule has 0 amide bonds. The van der Waals surface area contributed by atoms with Gasteiger partial charge in [0.1, 0.15) is 18.1 Å². The number of methoxy groups -OCH3 is 2. The molecular formula is C28H39ClN2O4. The number of piperidine rings is 1. The third-order valence-electron chi connectivity index (χ3n) is 7.50. The Bertz CT molecular complexity index is 986. The van der Waals surface area contributed by atoms with Crippen LogP contribution in [0.4, 0.5) is 5.69 Å². The highest BCUT2D eigenvalue weighted by molar-refractivity contribution is 6.32. The molecule has 0 aliphatic carbocycles. The second kappa shape index (κ2) is 12.3. The molecule has 0 unspecified atom stereocenters. The van der Waals surface area contributed by atoms with E-state index in [0.29, 0.717) is 43.5 Å². The van der Waals surface area contributed by atoms with Crippen molar-refractivity contribution >= 4 is 17.3 Å². The first-order chi connectivity index (χ1) is 17.0. The van der Waals surface area contributed by atoms with Crippen molar-refractivity contribution in [3.63, 3.8) is 0 Å². The van der Waals surface area contributed by atoms with Crippen molar-refractivity contribution in [2.45, 2.75) is 45.2 Å². The van der Waals surface area contributed by atoms with Gasteiger partial charge in [-0.25, -0.2) is 0 Å². The van der Waals surface area contributed by atoms with Gasteiger partial charge in [0.25, 0.3) is 0 Å². The molecule has 0 aromatic heterocycles. The number of hydrogen-bond acceptors (Lipinski definition) is 6. The average molecular weight is 503 g/mol. The van der Waals surface area contributed by atoms with Crippen LogP contribution >= 0.6 is 11.6 Å². The molecule has 4 rings (SSSR count). The lowest BCUT2D eigenvalue weighted by Crippen LogP contribution is -2.56. The lowest BCUT2D eigenvalue weighted by molar-refractivity contribution is 0.0542. The second-order valence-electron chi connectivity index (χ2n) is 9.46. The summed E-state index contributed by atoms with van der Waals surface area (Å²) in [5, 5.41) is 0.657. The van der Waals surface area contributed by atoms with E-state index in [-0.39, 0.29) is 0 Å². The molecule has 0 spiro atoms. The zero-order valence-electron chi connectivity index (χ0n) is 21.5. The molecule has 2 heterocycles. The molecule has 0 N–H and O–H groups in total. The molecule has 2 saturated heterocycles. The van der Waals surface area contributed by atoms with E-state index in [9.17, 15) is 0 Å². The summed E-state index contributed by atoms with van der Waals surface area (Å²) in [6, 6.07) is 11.5. The van der Waals surface area contributed by atoms with Crippen LogP contribution in [-0.4, -0.2) is 71.2 Å². The van der Waals surface area contributed by atoms with Crippen molar-refractivity contribution in [2.75, 3.05) is 65.2 Å². The summed E-state index contributed by atoms with van der Waals surface area (Å²) >= 11 is 6.25. The summed E-state index contributed by atoms with van der Waals surface area (Å²) in [5.41, 5.74) is 5.21. The van der Waals surface area contributed by atoms with Crippen LogP contribution in [0.15, 0.2) is 30.3 Å². The summed E-state index contributed by atoms with van der Waals surface area (Å²) in [6.07, 6.45) is 3.69. The highest BCUT2D eigenvalue weighted by Gasteiger charge is 2.36. The maximum atomic E-state index is 6.25. The van der Waals surface area contributed by atoms with Crippen LogP contribution in [0.2, 0.25) is 5.02 Å². The number of benzene rings is 2. The maximum Gasteiger partial charge on any atom is 0.139 e. The van der Waals surface area contributed by atoms with Gasteiger partial charge in [-0.1, -0.05) is 17.7 Å². The van der Waals surface area contributed by atoms with Gasteiger partial charge in [-0.3, -0.25) is 4.90 Å². The third-order valence-corrected chi connectivity index (χ3v) is 7.81. The molecule has 0 radical (unpaired) electrons. The Balaban J connectivity index is 1.41. The van der Waals surface area contributed by atoms with Crippen molar-refractivity contribution in [3.05, 3.63) is 52.0 Å². The molecule has 2 fully saturated rings. The van der Waals surface area contributed by atoms with Crippen LogP contribution < -0.4 is 14.4 Å². The molecule has 2 aliphatic heterocycles. The van der Waals surface area contributed by atoms with Crippen LogP contribution in [0, 0.1) is 13.8 Å². The summed E-state index contributed by atoms with van der Waals surface area (Å²) in [5.74, 6) is 1.69. The number of nitrogens with zero attached hydrogens (tertiary/aromatic N) is 2. The molecule has 6 nitrogen and oxygen atoms in total. The number of ether oxygens (including phenoxy) is 4. The largest absolute Gasteiger partial charge is 0.495 e. The van der Waals surface area contributed by atoms with E-state index in [2.05, 4.69) is 47.9 Å². The standard InChI is InChI=1S/C28H39ClN2O4/c1-20-21(2)27(35-17-16-34-15-14-32-3)11-9-24(20)26-7-5-6-23-19-30(12-13-31(23)26)22-8-10-25(29)28(18-22)33-4/h8-11,18,23,26H,5-7,12-17,19H2,1-4H3/t23-,26+/m0/s1. The Morgan fingerprint density at radius 3 is 2.54 bits per heavy atom. The number of fused-ring (bicyclic) bond motifs is 1. The van der Waals surface area contributed by atoms with E-state index < -0.39 is 0 Å². The molecule has 7 heteroatoms. The second-order valence-corrected chi connectivity index (χ2v) is 9.87. The van der Waals surface area contributed by atoms with E-state index in [1.54, 1.807) is 14.2 Å². The Morgan fingerprint density at radius 1 is 0.914 bits per heavy atom. The molecule has 35 heavy (non-hydrogen) atoms. The Kier molecular flexibility index (Phi) is 9.17. The molecule has 2 aliphatic rings. The molecule has 192 valence electrons. The van der Waals surface area contributed by atoms with Gasteiger partial charge in [0.15, 0.2) is 0 Å². The number of piperazine rings is 1. The van der Waals surface area contributed by atoms with Gasteiger partial charge < -0.3 is 23.8 Å². The van der Waals surface area contributed by atoms with Crippen molar-refractivity contribution in [3.8, 4) is 11.5 Å². The first-order valence-electron chi connectivity index (χ1n) is 12.7. The first kappa shape index (κ1) is 26.1. The Hall–Kier alpha value is -1.99. The molecule has 2 aromatic carbocycles. The summed E-state index contributed by atoms with van der Waals surface area (Å²) in [6.45, 7) is 9.82. The summed E-state index contributed by atoms with van der Waals surface area (Å²) in [4.78, 5) is 5.21. The average Bonchev–Trinajstić information content (AvgIpc) is 2.88. The number of hydrogen-bond donors (Lipinski definition) is 0. The van der Waals surface area contributed by atoms with Gasteiger partial charge in [-0.2, -0.15) is 0 Å². The van der Waals surface area contributed by atoms with E-state index in [0.717, 1.165) is 31.1 Å². The minimum Gasteiger partial charge on any atom is -0.495 e. The Morgan fingerprint density at radius 2 is 1.74 bits per heavy atom. The predicted molar refractivity (Wildman–Crippen MR) is 141 cm³/mol. The molecule has 2 aromatic rings. The van der Waals surface area contributed by atoms with Gasteiger partial charge in [0, 0.05) is 50.6 Å². The smallest absolute Gasteiger partial charge is 0.139 e. The highest BCUT2D eigenvalue weighted by Crippen LogP contribution is 2.40. The van der Waals surface area contributed by atoms with Crippen molar-refractivity contribution in [2.24, 2.45) is 0 Å².